The molecule has 1 amide bonds. The Hall–Kier alpha value is -2.97. The SMILES string of the molecule is Cc1sc2ncc(C(=O)NCCNc3ccnc4cc(Cl)ccc34)c(=O)n2c1C. The van der Waals surface area contributed by atoms with Crippen molar-refractivity contribution < 1.29 is 4.79 Å². The Morgan fingerprint density at radius 3 is 2.86 bits per heavy atom. The van der Waals surface area contributed by atoms with Crippen LogP contribution in [0.4, 0.5) is 5.69 Å². The van der Waals surface area contributed by atoms with Crippen LogP contribution in [0.3, 0.4) is 0 Å². The minimum Gasteiger partial charge on any atom is -0.383 e. The standard InChI is InChI=1S/C20H18ClN5O2S/c1-11-12(2)29-20-25-10-15(19(28)26(11)20)18(27)24-8-7-23-16-5-6-22-17-9-13(21)3-4-14(16)17/h3-6,9-10H,7-8H2,1-2H3,(H,22,23)(H,24,27). The normalized spacial score (nSPS) is 11.1. The number of anilines is 1. The summed E-state index contributed by atoms with van der Waals surface area (Å²) in [5.41, 5.74) is 2.18. The first kappa shape index (κ1) is 19.4. The Morgan fingerprint density at radius 2 is 2.03 bits per heavy atom. The Labute approximate surface area is 175 Å². The van der Waals surface area contributed by atoms with Crippen molar-refractivity contribution in [2.24, 2.45) is 0 Å². The van der Waals surface area contributed by atoms with Crippen LogP contribution in [0, 0.1) is 13.8 Å². The van der Waals surface area contributed by atoms with Gasteiger partial charge in [-0.05, 0) is 38.1 Å². The number of carbonyl (C=O) groups is 1. The molecular weight excluding hydrogens is 410 g/mol. The zero-order valence-corrected chi connectivity index (χ0v) is 17.4. The van der Waals surface area contributed by atoms with Gasteiger partial charge in [0, 0.05) is 52.2 Å². The van der Waals surface area contributed by atoms with Crippen molar-refractivity contribution in [3.8, 4) is 0 Å². The molecular formula is C20H18ClN5O2S. The zero-order chi connectivity index (χ0) is 20.5. The number of halogens is 1. The molecule has 4 aromatic rings. The number of hydrogen-bond donors (Lipinski definition) is 2. The van der Waals surface area contributed by atoms with E-state index in [0.29, 0.717) is 23.1 Å². The molecule has 0 radical (unpaired) electrons. The lowest BCUT2D eigenvalue weighted by Crippen LogP contribution is -2.34. The van der Waals surface area contributed by atoms with Crippen LogP contribution in [0.2, 0.25) is 5.02 Å². The summed E-state index contributed by atoms with van der Waals surface area (Å²) in [4.78, 5) is 35.3. The van der Waals surface area contributed by atoms with Gasteiger partial charge in [0.05, 0.1) is 5.52 Å². The predicted molar refractivity (Wildman–Crippen MR) is 116 cm³/mol. The van der Waals surface area contributed by atoms with Crippen molar-refractivity contribution in [1.82, 2.24) is 19.7 Å². The van der Waals surface area contributed by atoms with Gasteiger partial charge in [-0.3, -0.25) is 19.0 Å². The Bertz CT molecular complexity index is 1300. The molecule has 0 aliphatic carbocycles. The summed E-state index contributed by atoms with van der Waals surface area (Å²) in [6, 6.07) is 7.38. The quantitative estimate of drug-likeness (QED) is 0.476. The first-order valence-electron chi connectivity index (χ1n) is 9.00. The van der Waals surface area contributed by atoms with Gasteiger partial charge in [-0.25, -0.2) is 4.98 Å². The van der Waals surface area contributed by atoms with Crippen molar-refractivity contribution in [3.05, 3.63) is 68.2 Å². The molecule has 1 aromatic carbocycles. The summed E-state index contributed by atoms with van der Waals surface area (Å²) >= 11 is 7.44. The highest BCUT2D eigenvalue weighted by Crippen LogP contribution is 2.24. The molecule has 0 spiro atoms. The average Bonchev–Trinajstić information content (AvgIpc) is 2.99. The Morgan fingerprint density at radius 1 is 1.21 bits per heavy atom. The number of carbonyl (C=O) groups excluding carboxylic acids is 1. The molecule has 0 atom stereocenters. The van der Waals surface area contributed by atoms with E-state index >= 15 is 0 Å². The minimum absolute atomic E-state index is 0.0346. The molecule has 148 valence electrons. The third-order valence-electron chi connectivity index (χ3n) is 4.69. The van der Waals surface area contributed by atoms with Gasteiger partial charge in [-0.1, -0.05) is 11.6 Å². The third kappa shape index (κ3) is 3.68. The third-order valence-corrected chi connectivity index (χ3v) is 6.00. The van der Waals surface area contributed by atoms with Crippen molar-refractivity contribution in [1.29, 1.82) is 0 Å². The van der Waals surface area contributed by atoms with Crippen LogP contribution in [-0.2, 0) is 0 Å². The second-order valence-electron chi connectivity index (χ2n) is 6.54. The van der Waals surface area contributed by atoms with Crippen LogP contribution in [0.1, 0.15) is 20.9 Å². The fourth-order valence-electron chi connectivity index (χ4n) is 3.08. The van der Waals surface area contributed by atoms with Gasteiger partial charge in [-0.15, -0.1) is 11.3 Å². The lowest BCUT2D eigenvalue weighted by molar-refractivity contribution is 0.0953. The highest BCUT2D eigenvalue weighted by molar-refractivity contribution is 7.17. The first-order chi connectivity index (χ1) is 14.0. The fourth-order valence-corrected chi connectivity index (χ4v) is 4.17. The van der Waals surface area contributed by atoms with Crippen LogP contribution in [0.5, 0.6) is 0 Å². The number of aromatic nitrogens is 3. The van der Waals surface area contributed by atoms with E-state index in [2.05, 4.69) is 20.6 Å². The molecule has 0 unspecified atom stereocenters. The molecule has 3 aromatic heterocycles. The van der Waals surface area contributed by atoms with E-state index < -0.39 is 5.91 Å². The first-order valence-corrected chi connectivity index (χ1v) is 10.2. The summed E-state index contributed by atoms with van der Waals surface area (Å²) in [6.07, 6.45) is 3.04. The van der Waals surface area contributed by atoms with Crippen molar-refractivity contribution in [2.75, 3.05) is 18.4 Å². The molecule has 0 saturated carbocycles. The molecule has 0 saturated heterocycles. The second-order valence-corrected chi connectivity index (χ2v) is 8.16. The summed E-state index contributed by atoms with van der Waals surface area (Å²) in [7, 11) is 0. The van der Waals surface area contributed by atoms with Gasteiger partial charge in [0.2, 0.25) is 0 Å². The van der Waals surface area contributed by atoms with Gasteiger partial charge in [0.15, 0.2) is 4.96 Å². The Kier molecular flexibility index (Phi) is 5.21. The van der Waals surface area contributed by atoms with E-state index in [1.165, 1.54) is 21.9 Å². The topological polar surface area (TPSA) is 88.4 Å². The molecule has 2 N–H and O–H groups in total. The lowest BCUT2D eigenvalue weighted by Gasteiger charge is -2.10. The van der Waals surface area contributed by atoms with Crippen LogP contribution in [0.25, 0.3) is 15.9 Å². The highest BCUT2D eigenvalue weighted by atomic mass is 35.5. The largest absolute Gasteiger partial charge is 0.383 e. The smallest absolute Gasteiger partial charge is 0.271 e. The van der Waals surface area contributed by atoms with E-state index in [4.69, 9.17) is 11.6 Å². The lowest BCUT2D eigenvalue weighted by atomic mass is 10.2. The highest BCUT2D eigenvalue weighted by Gasteiger charge is 2.16. The number of pyridine rings is 1. The van der Waals surface area contributed by atoms with Crippen LogP contribution in [0.15, 0.2) is 41.5 Å². The van der Waals surface area contributed by atoms with E-state index in [1.54, 1.807) is 12.3 Å². The molecule has 29 heavy (non-hydrogen) atoms. The van der Waals surface area contributed by atoms with E-state index in [1.807, 2.05) is 32.0 Å². The zero-order valence-electron chi connectivity index (χ0n) is 15.8. The van der Waals surface area contributed by atoms with E-state index in [0.717, 1.165) is 27.2 Å². The van der Waals surface area contributed by atoms with Crippen molar-refractivity contribution >= 4 is 50.4 Å². The van der Waals surface area contributed by atoms with Gasteiger partial charge in [-0.2, -0.15) is 0 Å². The second kappa shape index (κ2) is 7.81. The summed E-state index contributed by atoms with van der Waals surface area (Å²) in [5, 5.41) is 7.62. The number of nitrogens with zero attached hydrogens (tertiary/aromatic N) is 3. The number of amides is 1. The number of benzene rings is 1. The molecule has 0 fully saturated rings. The molecule has 4 rings (SSSR count). The number of thiazole rings is 1. The number of hydrogen-bond acceptors (Lipinski definition) is 6. The van der Waals surface area contributed by atoms with Gasteiger partial charge in [0.25, 0.3) is 11.5 Å². The summed E-state index contributed by atoms with van der Waals surface area (Å²) in [5.74, 6) is -0.437. The summed E-state index contributed by atoms with van der Waals surface area (Å²) < 4.78 is 1.49. The monoisotopic (exact) mass is 427 g/mol. The number of nitrogens with one attached hydrogen (secondary N) is 2. The van der Waals surface area contributed by atoms with Crippen LogP contribution < -0.4 is 16.2 Å². The van der Waals surface area contributed by atoms with Crippen molar-refractivity contribution in [2.45, 2.75) is 13.8 Å². The van der Waals surface area contributed by atoms with E-state index in [-0.39, 0.29) is 11.1 Å². The number of aryl methyl sites for hydroxylation is 2. The molecule has 0 bridgehead atoms. The molecule has 9 heteroatoms. The van der Waals surface area contributed by atoms with E-state index in [9.17, 15) is 9.59 Å². The maximum Gasteiger partial charge on any atom is 0.271 e. The fraction of sp³-hybridized carbons (Fsp3) is 0.200. The maximum absolute atomic E-state index is 12.7. The maximum atomic E-state index is 12.7. The molecule has 3 heterocycles. The van der Waals surface area contributed by atoms with Crippen molar-refractivity contribution in [3.63, 3.8) is 0 Å². The number of fused-ring (bicyclic) bond motifs is 2. The van der Waals surface area contributed by atoms with Crippen LogP contribution in [-0.4, -0.2) is 33.4 Å². The molecule has 0 aliphatic rings. The van der Waals surface area contributed by atoms with Gasteiger partial charge < -0.3 is 10.6 Å². The Balaban J connectivity index is 1.44. The summed E-state index contributed by atoms with van der Waals surface area (Å²) in [6.45, 7) is 4.61. The molecule has 7 nitrogen and oxygen atoms in total. The average molecular weight is 428 g/mol. The molecule has 0 aliphatic heterocycles. The van der Waals surface area contributed by atoms with Crippen LogP contribution >= 0.6 is 22.9 Å². The van der Waals surface area contributed by atoms with Gasteiger partial charge >= 0.3 is 0 Å². The number of rotatable bonds is 5. The minimum atomic E-state index is -0.437. The van der Waals surface area contributed by atoms with Gasteiger partial charge in [0.1, 0.15) is 5.56 Å². The predicted octanol–water partition coefficient (Wildman–Crippen LogP) is 3.42.